The first-order chi connectivity index (χ1) is 6.79. The number of carbonyl (C=O) groups is 1. The predicted octanol–water partition coefficient (Wildman–Crippen LogP) is 2.82. The fourth-order valence-electron chi connectivity index (χ4n) is 0.926. The fourth-order valence-corrected chi connectivity index (χ4v) is 1.65. The summed E-state index contributed by atoms with van der Waals surface area (Å²) in [5.41, 5.74) is -0.467. The lowest BCUT2D eigenvalue weighted by molar-refractivity contribution is 0.0590. The summed E-state index contributed by atoms with van der Waals surface area (Å²) in [6.07, 6.45) is 1.32. The number of hydrogen-bond acceptors (Lipinski definition) is 4. The van der Waals surface area contributed by atoms with E-state index in [1.165, 1.54) is 16.2 Å². The summed E-state index contributed by atoms with van der Waals surface area (Å²) in [6.45, 7) is 7.43. The summed E-state index contributed by atoms with van der Waals surface area (Å²) < 4.78 is 5.23. The summed E-state index contributed by atoms with van der Waals surface area (Å²) in [5.74, 6) is 0. The molecule has 0 atom stereocenters. The van der Waals surface area contributed by atoms with Crippen LogP contribution in [0.2, 0.25) is 0 Å². The zero-order chi connectivity index (χ0) is 11.6. The van der Waals surface area contributed by atoms with Crippen molar-refractivity contribution >= 4 is 22.4 Å². The number of thiazole rings is 1. The van der Waals surface area contributed by atoms with E-state index >= 15 is 0 Å². The van der Waals surface area contributed by atoms with Crippen LogP contribution in [0.15, 0.2) is 6.20 Å². The van der Waals surface area contributed by atoms with Gasteiger partial charge in [0.2, 0.25) is 0 Å². The molecule has 0 N–H and O–H groups in total. The highest BCUT2D eigenvalue weighted by Crippen LogP contribution is 2.23. The molecule has 0 fully saturated rings. The Kier molecular flexibility index (Phi) is 3.34. The van der Waals surface area contributed by atoms with Crippen LogP contribution < -0.4 is 4.90 Å². The van der Waals surface area contributed by atoms with Crippen molar-refractivity contribution in [3.05, 3.63) is 11.2 Å². The van der Waals surface area contributed by atoms with Crippen LogP contribution in [0.25, 0.3) is 0 Å². The average molecular weight is 228 g/mol. The molecule has 84 valence electrons. The summed E-state index contributed by atoms with van der Waals surface area (Å²) in [5, 5.41) is 1.72. The minimum Gasteiger partial charge on any atom is -0.443 e. The van der Waals surface area contributed by atoms with E-state index < -0.39 is 5.60 Å². The second-order valence-electron chi connectivity index (χ2n) is 4.26. The maximum atomic E-state index is 11.7. The van der Waals surface area contributed by atoms with Gasteiger partial charge in [0.05, 0.1) is 11.2 Å². The molecule has 0 saturated heterocycles. The van der Waals surface area contributed by atoms with Gasteiger partial charge in [-0.3, -0.25) is 4.90 Å². The molecular formula is C10H16N2O2S. The Labute approximate surface area is 93.9 Å². The first kappa shape index (κ1) is 12.0. The van der Waals surface area contributed by atoms with E-state index in [1.807, 2.05) is 27.7 Å². The topological polar surface area (TPSA) is 42.4 Å². The number of amides is 1. The fraction of sp³-hybridized carbons (Fsp3) is 0.600. The van der Waals surface area contributed by atoms with Crippen molar-refractivity contribution in [3.8, 4) is 0 Å². The Hall–Kier alpha value is -1.10. The van der Waals surface area contributed by atoms with Crippen molar-refractivity contribution in [2.45, 2.75) is 33.3 Å². The third kappa shape index (κ3) is 3.51. The van der Waals surface area contributed by atoms with Gasteiger partial charge in [0.25, 0.3) is 0 Å². The summed E-state index contributed by atoms with van der Waals surface area (Å²) >= 11 is 1.46. The molecule has 1 aromatic rings. The molecule has 1 rings (SSSR count). The predicted molar refractivity (Wildman–Crippen MR) is 61.5 cm³/mol. The molecule has 0 radical (unpaired) electrons. The maximum Gasteiger partial charge on any atom is 0.415 e. The normalized spacial score (nSPS) is 11.3. The molecule has 5 heteroatoms. The van der Waals surface area contributed by atoms with Gasteiger partial charge in [-0.1, -0.05) is 0 Å². The number of aromatic nitrogens is 1. The molecule has 0 bridgehead atoms. The van der Waals surface area contributed by atoms with Crippen molar-refractivity contribution < 1.29 is 9.53 Å². The number of rotatable bonds is 1. The minimum atomic E-state index is -0.467. The second kappa shape index (κ2) is 4.18. The van der Waals surface area contributed by atoms with Crippen molar-refractivity contribution in [3.63, 3.8) is 0 Å². The standard InChI is InChI=1S/C10H16N2O2S/c1-7-11-6-8(15-7)12(5)9(13)14-10(2,3)4/h6H,1-5H3. The summed E-state index contributed by atoms with van der Waals surface area (Å²) in [4.78, 5) is 17.2. The van der Waals surface area contributed by atoms with Gasteiger partial charge in [-0.25, -0.2) is 9.78 Å². The van der Waals surface area contributed by atoms with E-state index in [-0.39, 0.29) is 6.09 Å². The van der Waals surface area contributed by atoms with Crippen LogP contribution in [0.4, 0.5) is 9.80 Å². The third-order valence-electron chi connectivity index (χ3n) is 1.61. The molecule has 0 aromatic carbocycles. The highest BCUT2D eigenvalue weighted by Gasteiger charge is 2.21. The largest absolute Gasteiger partial charge is 0.443 e. The van der Waals surface area contributed by atoms with E-state index in [0.717, 1.165) is 10.0 Å². The van der Waals surface area contributed by atoms with E-state index in [9.17, 15) is 4.79 Å². The number of anilines is 1. The quantitative estimate of drug-likeness (QED) is 0.742. The minimum absolute atomic E-state index is 0.355. The van der Waals surface area contributed by atoms with Crippen molar-refractivity contribution in [1.82, 2.24) is 4.98 Å². The molecule has 0 spiro atoms. The Morgan fingerprint density at radius 2 is 2.13 bits per heavy atom. The summed E-state index contributed by atoms with van der Waals surface area (Å²) in [6, 6.07) is 0. The Morgan fingerprint density at radius 1 is 1.53 bits per heavy atom. The zero-order valence-electron chi connectivity index (χ0n) is 9.70. The van der Waals surface area contributed by atoms with Crippen molar-refractivity contribution in [1.29, 1.82) is 0 Å². The van der Waals surface area contributed by atoms with Crippen LogP contribution in [0.1, 0.15) is 25.8 Å². The molecule has 1 aromatic heterocycles. The lowest BCUT2D eigenvalue weighted by Crippen LogP contribution is -2.33. The Bertz CT molecular complexity index is 355. The lowest BCUT2D eigenvalue weighted by Gasteiger charge is -2.23. The van der Waals surface area contributed by atoms with Gasteiger partial charge < -0.3 is 4.74 Å². The molecule has 0 unspecified atom stereocenters. The number of aryl methyl sites for hydroxylation is 1. The van der Waals surface area contributed by atoms with Crippen LogP contribution in [0.5, 0.6) is 0 Å². The number of hydrogen-bond donors (Lipinski definition) is 0. The average Bonchev–Trinajstić information content (AvgIpc) is 2.47. The molecule has 1 amide bonds. The molecule has 0 aliphatic heterocycles. The van der Waals surface area contributed by atoms with E-state index in [4.69, 9.17) is 4.74 Å². The molecule has 1 heterocycles. The highest BCUT2D eigenvalue weighted by molar-refractivity contribution is 7.15. The van der Waals surface area contributed by atoms with E-state index in [2.05, 4.69) is 4.98 Å². The van der Waals surface area contributed by atoms with E-state index in [1.54, 1.807) is 13.2 Å². The van der Waals surface area contributed by atoms with Crippen LogP contribution in [-0.4, -0.2) is 23.7 Å². The monoisotopic (exact) mass is 228 g/mol. The maximum absolute atomic E-state index is 11.7. The number of ether oxygens (including phenoxy) is 1. The van der Waals surface area contributed by atoms with Crippen molar-refractivity contribution in [2.75, 3.05) is 11.9 Å². The van der Waals surface area contributed by atoms with Crippen LogP contribution in [0, 0.1) is 6.92 Å². The number of carbonyl (C=O) groups excluding carboxylic acids is 1. The van der Waals surface area contributed by atoms with Gasteiger partial charge in [0.1, 0.15) is 10.6 Å². The Morgan fingerprint density at radius 3 is 2.53 bits per heavy atom. The van der Waals surface area contributed by atoms with Gasteiger partial charge in [0.15, 0.2) is 0 Å². The number of nitrogens with zero attached hydrogens (tertiary/aromatic N) is 2. The van der Waals surface area contributed by atoms with Crippen molar-refractivity contribution in [2.24, 2.45) is 0 Å². The van der Waals surface area contributed by atoms with Gasteiger partial charge in [0, 0.05) is 7.05 Å². The van der Waals surface area contributed by atoms with Crippen LogP contribution in [0.3, 0.4) is 0 Å². The smallest absolute Gasteiger partial charge is 0.415 e. The van der Waals surface area contributed by atoms with E-state index in [0.29, 0.717) is 0 Å². The van der Waals surface area contributed by atoms with Crippen LogP contribution >= 0.6 is 11.3 Å². The first-order valence-corrected chi connectivity index (χ1v) is 5.50. The summed E-state index contributed by atoms with van der Waals surface area (Å²) in [7, 11) is 1.68. The lowest BCUT2D eigenvalue weighted by atomic mass is 10.2. The molecule has 15 heavy (non-hydrogen) atoms. The van der Waals surface area contributed by atoms with Gasteiger partial charge in [-0.05, 0) is 27.7 Å². The highest BCUT2D eigenvalue weighted by atomic mass is 32.1. The molecule has 4 nitrogen and oxygen atoms in total. The molecule has 0 saturated carbocycles. The molecular weight excluding hydrogens is 212 g/mol. The van der Waals surface area contributed by atoms with Gasteiger partial charge >= 0.3 is 6.09 Å². The SMILES string of the molecule is Cc1ncc(N(C)C(=O)OC(C)(C)C)s1. The molecule has 0 aliphatic carbocycles. The van der Waals surface area contributed by atoms with Gasteiger partial charge in [-0.2, -0.15) is 0 Å². The van der Waals surface area contributed by atoms with Crippen LogP contribution in [-0.2, 0) is 4.74 Å². The zero-order valence-corrected chi connectivity index (χ0v) is 10.5. The third-order valence-corrected chi connectivity index (χ3v) is 2.60. The molecule has 0 aliphatic rings. The first-order valence-electron chi connectivity index (χ1n) is 4.69. The second-order valence-corrected chi connectivity index (χ2v) is 5.47. The van der Waals surface area contributed by atoms with Gasteiger partial charge in [-0.15, -0.1) is 11.3 Å². The Balaban J connectivity index is 2.69.